The van der Waals surface area contributed by atoms with E-state index in [1.807, 2.05) is 26.0 Å². The summed E-state index contributed by atoms with van der Waals surface area (Å²) in [6, 6.07) is 7.15. The number of rotatable bonds is 9. The first-order chi connectivity index (χ1) is 11.6. The molecule has 0 aliphatic heterocycles. The Morgan fingerprint density at radius 2 is 1.83 bits per heavy atom. The highest BCUT2D eigenvalue weighted by atomic mass is 35.5. The largest absolute Gasteiger partial charge is 0.420 e. The van der Waals surface area contributed by atoms with E-state index in [9.17, 15) is 4.57 Å². The molecule has 0 atom stereocenters. The average Bonchev–Trinajstić information content (AvgIpc) is 3.03. The number of anilines is 1. The predicted octanol–water partition coefficient (Wildman–Crippen LogP) is 4.71. The van der Waals surface area contributed by atoms with Crippen LogP contribution in [0.5, 0.6) is 0 Å². The molecule has 6 nitrogen and oxygen atoms in total. The molecule has 0 saturated heterocycles. The number of oxazole rings is 1. The van der Waals surface area contributed by atoms with Crippen molar-refractivity contribution in [3.8, 4) is 11.5 Å². The van der Waals surface area contributed by atoms with Gasteiger partial charge in [0.05, 0.1) is 23.8 Å². The molecule has 2 aromatic rings. The molecule has 0 aliphatic carbocycles. The van der Waals surface area contributed by atoms with Gasteiger partial charge in [0.1, 0.15) is 0 Å². The van der Waals surface area contributed by atoms with Gasteiger partial charge in [0.2, 0.25) is 17.2 Å². The van der Waals surface area contributed by atoms with Crippen LogP contribution in [-0.4, -0.2) is 25.2 Å². The number of halogens is 1. The first-order valence-corrected chi connectivity index (χ1v) is 9.81. The maximum absolute atomic E-state index is 13.2. The van der Waals surface area contributed by atoms with Gasteiger partial charge in [-0.25, -0.2) is 0 Å². The molecule has 24 heavy (non-hydrogen) atoms. The molecule has 0 bridgehead atoms. The Hall–Kier alpha value is -1.33. The second kappa shape index (κ2) is 8.67. The van der Waals surface area contributed by atoms with Crippen molar-refractivity contribution in [3.63, 3.8) is 0 Å². The van der Waals surface area contributed by atoms with Crippen LogP contribution in [-0.2, 0) is 13.6 Å². The Labute approximate surface area is 147 Å². The third kappa shape index (κ3) is 4.19. The Kier molecular flexibility index (Phi) is 6.87. The van der Waals surface area contributed by atoms with Crippen LogP contribution in [0.25, 0.3) is 11.5 Å². The van der Waals surface area contributed by atoms with Crippen molar-refractivity contribution in [1.82, 2.24) is 4.98 Å². The van der Waals surface area contributed by atoms with Gasteiger partial charge in [-0.15, -0.1) is 0 Å². The normalized spacial score (nSPS) is 11.7. The van der Waals surface area contributed by atoms with E-state index in [-0.39, 0.29) is 17.2 Å². The van der Waals surface area contributed by atoms with Crippen LogP contribution < -0.4 is 10.8 Å². The van der Waals surface area contributed by atoms with Crippen molar-refractivity contribution in [3.05, 3.63) is 29.3 Å². The van der Waals surface area contributed by atoms with E-state index in [0.29, 0.717) is 36.6 Å². The molecule has 0 saturated carbocycles. The zero-order chi connectivity index (χ0) is 17.6. The van der Waals surface area contributed by atoms with Crippen LogP contribution in [0.15, 0.2) is 28.7 Å². The molecule has 0 aliphatic rings. The first kappa shape index (κ1) is 19.0. The van der Waals surface area contributed by atoms with Crippen molar-refractivity contribution in [2.24, 2.45) is 0 Å². The third-order valence-corrected chi connectivity index (χ3v) is 5.33. The van der Waals surface area contributed by atoms with Gasteiger partial charge in [-0.3, -0.25) is 4.57 Å². The van der Waals surface area contributed by atoms with Gasteiger partial charge in [0, 0.05) is 7.05 Å². The molecule has 8 heteroatoms. The fraction of sp³-hybridized carbons (Fsp3) is 0.438. The van der Waals surface area contributed by atoms with Crippen LogP contribution in [0.2, 0.25) is 5.02 Å². The molecular formula is C16H22ClN2O4P. The van der Waals surface area contributed by atoms with E-state index >= 15 is 0 Å². The van der Waals surface area contributed by atoms with Crippen LogP contribution in [0.3, 0.4) is 0 Å². The maximum Gasteiger partial charge on any atom is 0.385 e. The quantitative estimate of drug-likeness (QED) is 0.643. The average molecular weight is 373 g/mol. The molecule has 0 fully saturated rings. The summed E-state index contributed by atoms with van der Waals surface area (Å²) in [7, 11) is -1.93. The van der Waals surface area contributed by atoms with Gasteiger partial charge in [0.15, 0.2) is 0 Å². The minimum Gasteiger partial charge on any atom is -0.420 e. The van der Waals surface area contributed by atoms with Crippen molar-refractivity contribution >= 4 is 30.5 Å². The Balaban J connectivity index is 2.47. The second-order valence-corrected chi connectivity index (χ2v) is 7.41. The molecule has 0 unspecified atom stereocenters. The highest BCUT2D eigenvalue weighted by molar-refractivity contribution is 7.62. The van der Waals surface area contributed by atoms with Crippen molar-refractivity contribution < 1.29 is 18.0 Å². The summed E-state index contributed by atoms with van der Waals surface area (Å²) in [4.78, 5) is 4.36. The first-order valence-electron chi connectivity index (χ1n) is 7.88. The molecule has 1 heterocycles. The monoisotopic (exact) mass is 372 g/mol. The van der Waals surface area contributed by atoms with Crippen molar-refractivity contribution in [1.29, 1.82) is 0 Å². The number of benzene rings is 1. The van der Waals surface area contributed by atoms with Gasteiger partial charge < -0.3 is 18.8 Å². The number of nitrogens with zero attached hydrogens (tertiary/aromatic N) is 1. The molecule has 2 rings (SSSR count). The summed E-state index contributed by atoms with van der Waals surface area (Å²) in [5.74, 6) is 0.515. The lowest BCUT2D eigenvalue weighted by Crippen LogP contribution is -2.16. The molecule has 1 aromatic carbocycles. The van der Waals surface area contributed by atoms with E-state index in [4.69, 9.17) is 25.1 Å². The molecule has 1 aromatic heterocycles. The van der Waals surface area contributed by atoms with Gasteiger partial charge in [0.25, 0.3) is 0 Å². The minimum atomic E-state index is -3.58. The van der Waals surface area contributed by atoms with Gasteiger partial charge in [-0.05, 0) is 25.0 Å². The SMILES string of the molecule is CCCOP(=O)(OCCC)c1nc(-c2ccccc2Cl)oc1NC. The zero-order valence-corrected chi connectivity index (χ0v) is 15.7. The molecule has 0 spiro atoms. The Morgan fingerprint density at radius 1 is 1.21 bits per heavy atom. The number of nitrogens with one attached hydrogen (secondary N) is 1. The van der Waals surface area contributed by atoms with Crippen molar-refractivity contribution in [2.45, 2.75) is 26.7 Å². The standard InChI is InChI=1S/C16H22ClN2O4P/c1-4-10-21-24(20,22-11-5-2)16-15(18-3)23-14(19-16)12-8-6-7-9-13(12)17/h6-9,18H,4-5,10-11H2,1-3H3. The topological polar surface area (TPSA) is 73.6 Å². The molecule has 0 amide bonds. The summed E-state index contributed by atoms with van der Waals surface area (Å²) in [5, 5.41) is 3.35. The minimum absolute atomic E-state index is 0.141. The van der Waals surface area contributed by atoms with Gasteiger partial charge in [-0.2, -0.15) is 4.98 Å². The number of aromatic nitrogens is 1. The van der Waals surface area contributed by atoms with E-state index in [0.717, 1.165) is 0 Å². The van der Waals surface area contributed by atoms with Gasteiger partial charge >= 0.3 is 7.60 Å². The van der Waals surface area contributed by atoms with Gasteiger partial charge in [-0.1, -0.05) is 37.6 Å². The summed E-state index contributed by atoms with van der Waals surface area (Å²) >= 11 is 6.19. The van der Waals surface area contributed by atoms with Crippen LogP contribution in [0.1, 0.15) is 26.7 Å². The fourth-order valence-electron chi connectivity index (χ4n) is 1.99. The van der Waals surface area contributed by atoms with Crippen LogP contribution in [0.4, 0.5) is 5.88 Å². The Bertz CT molecular complexity index is 708. The molecule has 1 N–H and O–H groups in total. The second-order valence-electron chi connectivity index (χ2n) is 5.07. The third-order valence-electron chi connectivity index (χ3n) is 3.13. The molecular weight excluding hydrogens is 351 g/mol. The summed E-state index contributed by atoms with van der Waals surface area (Å²) < 4.78 is 30.0. The van der Waals surface area contributed by atoms with Crippen LogP contribution >= 0.6 is 19.2 Å². The maximum atomic E-state index is 13.2. The smallest absolute Gasteiger partial charge is 0.385 e. The van der Waals surface area contributed by atoms with E-state index in [2.05, 4.69) is 10.3 Å². The number of hydrogen-bond donors (Lipinski definition) is 1. The summed E-state index contributed by atoms with van der Waals surface area (Å²) in [5.41, 5.74) is 0.751. The lowest BCUT2D eigenvalue weighted by Gasteiger charge is -2.16. The van der Waals surface area contributed by atoms with E-state index in [1.54, 1.807) is 19.2 Å². The Morgan fingerprint density at radius 3 is 2.38 bits per heavy atom. The molecule has 132 valence electrons. The fourth-order valence-corrected chi connectivity index (χ4v) is 3.99. The highest BCUT2D eigenvalue weighted by Gasteiger charge is 2.36. The lowest BCUT2D eigenvalue weighted by molar-refractivity contribution is 0.213. The lowest BCUT2D eigenvalue weighted by atomic mass is 10.2. The summed E-state index contributed by atoms with van der Waals surface area (Å²) in [6.45, 7) is 4.47. The summed E-state index contributed by atoms with van der Waals surface area (Å²) in [6.07, 6.45) is 1.42. The number of hydrogen-bond acceptors (Lipinski definition) is 6. The van der Waals surface area contributed by atoms with E-state index in [1.165, 1.54) is 0 Å². The van der Waals surface area contributed by atoms with E-state index < -0.39 is 7.60 Å². The predicted molar refractivity (Wildman–Crippen MR) is 96.2 cm³/mol. The highest BCUT2D eigenvalue weighted by Crippen LogP contribution is 2.49. The molecule has 0 radical (unpaired) electrons. The van der Waals surface area contributed by atoms with Crippen molar-refractivity contribution in [2.75, 3.05) is 25.6 Å². The zero-order valence-electron chi connectivity index (χ0n) is 14.0. The van der Waals surface area contributed by atoms with Crippen LogP contribution in [0, 0.1) is 0 Å².